The highest BCUT2D eigenvalue weighted by Crippen LogP contribution is 2.27. The van der Waals surface area contributed by atoms with Crippen molar-refractivity contribution in [2.75, 3.05) is 13.2 Å². The first-order chi connectivity index (χ1) is 43.2. The normalized spacial score (nSPS) is 18.3. The standard InChI is InChI=1S/C77H145NO10/c1-4-7-10-13-16-19-22-25-27-29-31-33-34-35-36-37-38-39-41-43-45-47-50-53-56-59-62-65-72(82)88-75-74(84)73(83)71(66-79)87-77(75)86-67-68(69(80)63-60-57-54-51-48-24-21-18-15-12-9-6-3)78-76(85)70(81)64-61-58-55-52-49-46-44-42-40-32-30-28-26-23-20-17-14-11-8-5-2/h16,19,25,27,60,63,68-71,73-75,77,79-81,83-84H,4-15,17-18,20-24,26,28-59,61-62,64-67H2,1-3H3,(H,78,85)/b19-16-,27-25-,63-60+. The largest absolute Gasteiger partial charge is 0.454 e. The summed E-state index contributed by atoms with van der Waals surface area (Å²) in [6.45, 7) is 5.83. The number of ether oxygens (including phenoxy) is 3. The molecule has 8 atom stereocenters. The summed E-state index contributed by atoms with van der Waals surface area (Å²) in [7, 11) is 0. The molecule has 1 heterocycles. The Morgan fingerprint density at radius 2 is 0.784 bits per heavy atom. The Hall–Kier alpha value is -2.12. The monoisotopic (exact) mass is 1240 g/mol. The molecule has 0 radical (unpaired) electrons. The third-order valence-electron chi connectivity index (χ3n) is 18.3. The number of unbranched alkanes of at least 4 members (excludes halogenated alkanes) is 49. The van der Waals surface area contributed by atoms with E-state index in [9.17, 15) is 35.1 Å². The van der Waals surface area contributed by atoms with Crippen LogP contribution in [0.25, 0.3) is 0 Å². The molecule has 0 aromatic rings. The number of carbonyl (C=O) groups excluding carboxylic acids is 2. The van der Waals surface area contributed by atoms with Gasteiger partial charge in [0, 0.05) is 6.42 Å². The molecule has 8 unspecified atom stereocenters. The first-order valence-corrected chi connectivity index (χ1v) is 38.3. The zero-order valence-corrected chi connectivity index (χ0v) is 57.9. The maximum Gasteiger partial charge on any atom is 0.306 e. The van der Waals surface area contributed by atoms with Gasteiger partial charge >= 0.3 is 5.97 Å². The Morgan fingerprint density at radius 1 is 0.443 bits per heavy atom. The molecule has 1 fully saturated rings. The van der Waals surface area contributed by atoms with Crippen molar-refractivity contribution >= 4 is 11.9 Å². The molecular formula is C77H145NO10. The van der Waals surface area contributed by atoms with E-state index in [1.807, 2.05) is 6.08 Å². The molecule has 1 aliphatic rings. The molecule has 0 aromatic heterocycles. The number of nitrogens with one attached hydrogen (secondary N) is 1. The second-order valence-electron chi connectivity index (χ2n) is 26.7. The topological polar surface area (TPSA) is 175 Å². The molecule has 11 nitrogen and oxygen atoms in total. The van der Waals surface area contributed by atoms with E-state index in [0.717, 1.165) is 64.2 Å². The number of hydrogen-bond donors (Lipinski definition) is 6. The van der Waals surface area contributed by atoms with Crippen LogP contribution >= 0.6 is 0 Å². The maximum atomic E-state index is 13.5. The number of rotatable bonds is 67. The van der Waals surface area contributed by atoms with Crippen molar-refractivity contribution in [3.8, 4) is 0 Å². The van der Waals surface area contributed by atoms with Gasteiger partial charge in [0.15, 0.2) is 12.4 Å². The number of carbonyl (C=O) groups is 2. The Labute approximate surface area is 543 Å². The highest BCUT2D eigenvalue weighted by Gasteiger charge is 2.47. The second-order valence-corrected chi connectivity index (χ2v) is 26.7. The lowest BCUT2D eigenvalue weighted by molar-refractivity contribution is -0.305. The van der Waals surface area contributed by atoms with Crippen LogP contribution in [0.3, 0.4) is 0 Å². The quantitative estimate of drug-likeness (QED) is 0.0195. The van der Waals surface area contributed by atoms with Gasteiger partial charge in [0.1, 0.15) is 24.4 Å². The van der Waals surface area contributed by atoms with Crippen molar-refractivity contribution in [2.45, 2.75) is 429 Å². The van der Waals surface area contributed by atoms with Crippen LogP contribution in [0.1, 0.15) is 380 Å². The lowest BCUT2D eigenvalue weighted by Gasteiger charge is -2.41. The summed E-state index contributed by atoms with van der Waals surface area (Å²) in [4.78, 5) is 26.7. The van der Waals surface area contributed by atoms with E-state index >= 15 is 0 Å². The van der Waals surface area contributed by atoms with Gasteiger partial charge in [-0.25, -0.2) is 0 Å². The SMILES string of the molecule is CCCCC/C=C\C/C=C\CCCCCCCCCCCCCCCCCCCC(=O)OC1C(OCC(NC(=O)C(O)CCCCCCCCCCCCCCCCCCCCCC)C(O)/C=C/CCCCCCCCCCCC)OC(CO)C(O)C1O. The summed E-state index contributed by atoms with van der Waals surface area (Å²) in [5.41, 5.74) is 0. The Balaban J connectivity index is 2.50. The summed E-state index contributed by atoms with van der Waals surface area (Å²) in [6, 6.07) is -1.02. The Morgan fingerprint density at radius 3 is 1.18 bits per heavy atom. The Bertz CT molecular complexity index is 1570. The van der Waals surface area contributed by atoms with E-state index in [0.29, 0.717) is 19.3 Å². The third-order valence-corrected chi connectivity index (χ3v) is 18.3. The second kappa shape index (κ2) is 65.0. The van der Waals surface area contributed by atoms with Crippen molar-refractivity contribution < 1.29 is 49.3 Å². The smallest absolute Gasteiger partial charge is 0.306 e. The van der Waals surface area contributed by atoms with Gasteiger partial charge in [-0.1, -0.05) is 353 Å². The summed E-state index contributed by atoms with van der Waals surface area (Å²) < 4.78 is 17.7. The van der Waals surface area contributed by atoms with Crippen LogP contribution in [0.15, 0.2) is 36.5 Å². The molecule has 0 aliphatic carbocycles. The van der Waals surface area contributed by atoms with E-state index in [-0.39, 0.29) is 13.0 Å². The number of esters is 1. The minimum Gasteiger partial charge on any atom is -0.454 e. The van der Waals surface area contributed by atoms with Crippen molar-refractivity contribution in [3.63, 3.8) is 0 Å². The lowest BCUT2D eigenvalue weighted by Crippen LogP contribution is -2.61. The van der Waals surface area contributed by atoms with E-state index < -0.39 is 67.4 Å². The van der Waals surface area contributed by atoms with Crippen LogP contribution in [0, 0.1) is 0 Å². The van der Waals surface area contributed by atoms with Gasteiger partial charge in [0.05, 0.1) is 25.4 Å². The molecule has 0 spiro atoms. The predicted octanol–water partition coefficient (Wildman–Crippen LogP) is 20.1. The van der Waals surface area contributed by atoms with Crippen LogP contribution in [0.5, 0.6) is 0 Å². The molecule has 6 N–H and O–H groups in total. The number of aliphatic hydroxyl groups is 5. The first kappa shape index (κ1) is 83.9. The summed E-state index contributed by atoms with van der Waals surface area (Å²) in [5, 5.41) is 57.3. The van der Waals surface area contributed by atoms with Gasteiger partial charge < -0.3 is 45.1 Å². The minimum atomic E-state index is -1.61. The molecule has 0 aromatic carbocycles. The first-order valence-electron chi connectivity index (χ1n) is 38.3. The molecular weight excluding hydrogens is 1100 g/mol. The van der Waals surface area contributed by atoms with Gasteiger partial charge in [0.25, 0.3) is 0 Å². The molecule has 1 aliphatic heterocycles. The molecule has 1 amide bonds. The highest BCUT2D eigenvalue weighted by atomic mass is 16.7. The van der Waals surface area contributed by atoms with E-state index in [2.05, 4.69) is 50.4 Å². The average molecular weight is 1250 g/mol. The number of amides is 1. The van der Waals surface area contributed by atoms with Crippen molar-refractivity contribution in [2.24, 2.45) is 0 Å². The van der Waals surface area contributed by atoms with Crippen molar-refractivity contribution in [1.29, 1.82) is 0 Å². The number of hydrogen-bond acceptors (Lipinski definition) is 10. The van der Waals surface area contributed by atoms with E-state index in [4.69, 9.17) is 14.2 Å². The fraction of sp³-hybridized carbons (Fsp3) is 0.896. The summed E-state index contributed by atoms with van der Waals surface area (Å²) >= 11 is 0. The third kappa shape index (κ3) is 51.4. The van der Waals surface area contributed by atoms with Gasteiger partial charge in [-0.05, 0) is 57.8 Å². The predicted molar refractivity (Wildman–Crippen MR) is 371 cm³/mol. The van der Waals surface area contributed by atoms with Crippen LogP contribution in [0.2, 0.25) is 0 Å². The van der Waals surface area contributed by atoms with E-state index in [1.54, 1.807) is 6.08 Å². The van der Waals surface area contributed by atoms with Gasteiger partial charge in [-0.15, -0.1) is 0 Å². The minimum absolute atomic E-state index is 0.128. The van der Waals surface area contributed by atoms with Gasteiger partial charge in [-0.2, -0.15) is 0 Å². The fourth-order valence-corrected chi connectivity index (χ4v) is 12.3. The van der Waals surface area contributed by atoms with E-state index in [1.165, 1.54) is 270 Å². The molecule has 88 heavy (non-hydrogen) atoms. The van der Waals surface area contributed by atoms with Crippen LogP contribution < -0.4 is 5.32 Å². The zero-order valence-electron chi connectivity index (χ0n) is 57.9. The maximum absolute atomic E-state index is 13.5. The molecule has 1 rings (SSSR count). The summed E-state index contributed by atoms with van der Waals surface area (Å²) in [5.74, 6) is -1.17. The van der Waals surface area contributed by atoms with Gasteiger partial charge in [-0.3, -0.25) is 9.59 Å². The van der Waals surface area contributed by atoms with Crippen LogP contribution in [0.4, 0.5) is 0 Å². The fourth-order valence-electron chi connectivity index (χ4n) is 12.3. The van der Waals surface area contributed by atoms with Gasteiger partial charge in [0.2, 0.25) is 5.91 Å². The molecule has 0 bridgehead atoms. The number of aliphatic hydroxyl groups excluding tert-OH is 5. The van der Waals surface area contributed by atoms with Crippen molar-refractivity contribution in [1.82, 2.24) is 5.32 Å². The van der Waals surface area contributed by atoms with Crippen LogP contribution in [-0.2, 0) is 23.8 Å². The Kier molecular flexibility index (Phi) is 61.9. The lowest BCUT2D eigenvalue weighted by atomic mass is 9.99. The molecule has 11 heteroatoms. The highest BCUT2D eigenvalue weighted by molar-refractivity contribution is 5.80. The number of allylic oxidation sites excluding steroid dienone is 5. The average Bonchev–Trinajstić information content (AvgIpc) is 1.29. The molecule has 0 saturated carbocycles. The molecule has 518 valence electrons. The van der Waals surface area contributed by atoms with Crippen molar-refractivity contribution in [3.05, 3.63) is 36.5 Å². The zero-order chi connectivity index (χ0) is 63.9. The summed E-state index contributed by atoms with van der Waals surface area (Å²) in [6.07, 6.45) is 70.5. The molecule has 1 saturated heterocycles. The van der Waals surface area contributed by atoms with Crippen LogP contribution in [-0.4, -0.2) is 99.6 Å².